The summed E-state index contributed by atoms with van der Waals surface area (Å²) >= 11 is 8.93. The van der Waals surface area contributed by atoms with Gasteiger partial charge < -0.3 is 4.74 Å². The predicted molar refractivity (Wildman–Crippen MR) is 134 cm³/mol. The van der Waals surface area contributed by atoms with E-state index in [1.807, 2.05) is 30.3 Å². The molecule has 3 rings (SSSR count). The highest BCUT2D eigenvalue weighted by Gasteiger charge is 2.32. The Morgan fingerprint density at radius 1 is 1.24 bits per heavy atom. The second kappa shape index (κ2) is 11.2. The van der Waals surface area contributed by atoms with Crippen LogP contribution in [0.2, 0.25) is 5.02 Å². The monoisotopic (exact) mass is 526 g/mol. The molecule has 0 aliphatic carbocycles. The van der Waals surface area contributed by atoms with Crippen molar-refractivity contribution in [3.63, 3.8) is 0 Å². The van der Waals surface area contributed by atoms with Crippen molar-refractivity contribution in [3.05, 3.63) is 59.1 Å². The van der Waals surface area contributed by atoms with Gasteiger partial charge in [-0.1, -0.05) is 72.0 Å². The summed E-state index contributed by atoms with van der Waals surface area (Å²) in [5.74, 6) is 0.618. The number of ether oxygens (including phenoxy) is 1. The maximum Gasteiger partial charge on any atom is 0.250 e. The highest BCUT2D eigenvalue weighted by atomic mass is 35.5. The third-order valence-electron chi connectivity index (χ3n) is 4.56. The second-order valence-electron chi connectivity index (χ2n) is 6.94. The number of nitrogens with zero attached hydrogens (tertiary/aromatic N) is 3. The summed E-state index contributed by atoms with van der Waals surface area (Å²) < 4.78 is 32.1. The minimum Gasteiger partial charge on any atom is -0.495 e. The zero-order chi connectivity index (χ0) is 24.0. The van der Waals surface area contributed by atoms with Gasteiger partial charge in [0.1, 0.15) is 11.8 Å². The summed E-state index contributed by atoms with van der Waals surface area (Å²) in [5.41, 5.74) is 1.41. The van der Waals surface area contributed by atoms with Crippen LogP contribution in [0.4, 0.5) is 10.8 Å². The fourth-order valence-corrected chi connectivity index (χ4v) is 6.25. The van der Waals surface area contributed by atoms with Gasteiger partial charge in [-0.05, 0) is 30.2 Å². The van der Waals surface area contributed by atoms with Crippen LogP contribution in [0.25, 0.3) is 0 Å². The van der Waals surface area contributed by atoms with E-state index < -0.39 is 22.0 Å². The zero-order valence-electron chi connectivity index (χ0n) is 18.2. The molecule has 1 N–H and O–H groups in total. The first-order valence-electron chi connectivity index (χ1n) is 9.87. The number of halogens is 1. The average molecular weight is 527 g/mol. The van der Waals surface area contributed by atoms with Gasteiger partial charge in [-0.3, -0.25) is 14.4 Å². The summed E-state index contributed by atoms with van der Waals surface area (Å²) in [5, 5.41) is 11.4. The van der Waals surface area contributed by atoms with E-state index >= 15 is 0 Å². The molecule has 0 aliphatic rings. The maximum absolute atomic E-state index is 13.1. The van der Waals surface area contributed by atoms with E-state index in [1.165, 1.54) is 36.3 Å². The van der Waals surface area contributed by atoms with E-state index in [2.05, 4.69) is 15.5 Å². The van der Waals surface area contributed by atoms with Gasteiger partial charge in [0.25, 0.3) is 0 Å². The fraction of sp³-hybridized carbons (Fsp3) is 0.286. The third kappa shape index (κ3) is 6.59. The predicted octanol–water partition coefficient (Wildman–Crippen LogP) is 4.68. The molecule has 12 heteroatoms. The van der Waals surface area contributed by atoms with Crippen molar-refractivity contribution in [2.45, 2.75) is 29.5 Å². The van der Waals surface area contributed by atoms with Gasteiger partial charge in [-0.15, -0.1) is 10.2 Å². The lowest BCUT2D eigenvalue weighted by atomic mass is 10.2. The number of anilines is 2. The Morgan fingerprint density at radius 2 is 1.97 bits per heavy atom. The smallest absolute Gasteiger partial charge is 0.250 e. The molecule has 0 unspecified atom stereocenters. The molecule has 0 bridgehead atoms. The molecular weight excluding hydrogens is 504 g/mol. The molecule has 176 valence electrons. The van der Waals surface area contributed by atoms with Gasteiger partial charge in [0.15, 0.2) is 4.34 Å². The highest BCUT2D eigenvalue weighted by molar-refractivity contribution is 8.00. The number of nitrogens with one attached hydrogen (secondary N) is 1. The number of amides is 1. The van der Waals surface area contributed by atoms with E-state index in [0.29, 0.717) is 15.2 Å². The first-order valence-corrected chi connectivity index (χ1v) is 13.9. The lowest BCUT2D eigenvalue weighted by Gasteiger charge is -2.30. The van der Waals surface area contributed by atoms with Gasteiger partial charge in [0, 0.05) is 5.75 Å². The van der Waals surface area contributed by atoms with Crippen LogP contribution in [0.3, 0.4) is 0 Å². The van der Waals surface area contributed by atoms with Crippen LogP contribution in [0.15, 0.2) is 52.9 Å². The Hall–Kier alpha value is -2.34. The van der Waals surface area contributed by atoms with E-state index in [4.69, 9.17) is 16.3 Å². The van der Waals surface area contributed by atoms with Crippen molar-refractivity contribution in [1.29, 1.82) is 0 Å². The Balaban J connectivity index is 1.76. The van der Waals surface area contributed by atoms with Crippen molar-refractivity contribution in [2.24, 2.45) is 0 Å². The van der Waals surface area contributed by atoms with Crippen molar-refractivity contribution in [1.82, 2.24) is 10.2 Å². The number of sulfonamides is 1. The fourth-order valence-electron chi connectivity index (χ4n) is 3.08. The number of aromatic nitrogens is 2. The molecular formula is C21H23ClN4O4S3. The van der Waals surface area contributed by atoms with E-state index in [-0.39, 0.29) is 17.1 Å². The largest absolute Gasteiger partial charge is 0.495 e. The van der Waals surface area contributed by atoms with Crippen molar-refractivity contribution >= 4 is 61.4 Å². The van der Waals surface area contributed by atoms with E-state index in [9.17, 15) is 13.2 Å². The molecule has 0 aliphatic heterocycles. The summed E-state index contributed by atoms with van der Waals surface area (Å²) in [4.78, 5) is 13.1. The number of rotatable bonds is 10. The third-order valence-corrected chi connectivity index (χ3v) is 8.08. The van der Waals surface area contributed by atoms with Crippen LogP contribution in [0.1, 0.15) is 18.9 Å². The van der Waals surface area contributed by atoms with Crippen LogP contribution in [-0.4, -0.2) is 43.9 Å². The number of thioether (sulfide) groups is 1. The normalized spacial score (nSPS) is 12.2. The Bertz CT molecular complexity index is 1210. The van der Waals surface area contributed by atoms with Crippen molar-refractivity contribution in [3.8, 4) is 5.75 Å². The molecule has 0 fully saturated rings. The molecule has 1 aromatic heterocycles. The molecule has 8 nitrogen and oxygen atoms in total. The van der Waals surface area contributed by atoms with Crippen LogP contribution >= 0.6 is 34.7 Å². The van der Waals surface area contributed by atoms with Crippen LogP contribution in [0.5, 0.6) is 5.75 Å². The summed E-state index contributed by atoms with van der Waals surface area (Å²) in [6.07, 6.45) is 1.28. The van der Waals surface area contributed by atoms with Gasteiger partial charge in [0.05, 0.1) is 24.1 Å². The molecule has 33 heavy (non-hydrogen) atoms. The zero-order valence-corrected chi connectivity index (χ0v) is 21.4. The van der Waals surface area contributed by atoms with E-state index in [1.54, 1.807) is 19.1 Å². The number of carbonyl (C=O) groups is 1. The molecule has 0 saturated carbocycles. The molecule has 0 saturated heterocycles. The quantitative estimate of drug-likeness (QED) is 0.302. The second-order valence-corrected chi connectivity index (χ2v) is 11.4. The van der Waals surface area contributed by atoms with Crippen LogP contribution in [-0.2, 0) is 20.6 Å². The average Bonchev–Trinajstić information content (AvgIpc) is 3.22. The highest BCUT2D eigenvalue weighted by Crippen LogP contribution is 2.33. The number of methoxy groups -OCH3 is 1. The minimum absolute atomic E-state index is 0.233. The lowest BCUT2D eigenvalue weighted by molar-refractivity contribution is -0.117. The van der Waals surface area contributed by atoms with Crippen molar-refractivity contribution < 1.29 is 17.9 Å². The molecule has 1 atom stereocenters. The maximum atomic E-state index is 13.1. The lowest BCUT2D eigenvalue weighted by Crippen LogP contribution is -2.47. The summed E-state index contributed by atoms with van der Waals surface area (Å²) in [7, 11) is -2.34. The number of hydrogen-bond donors (Lipinski definition) is 1. The van der Waals surface area contributed by atoms with Gasteiger partial charge >= 0.3 is 0 Å². The molecule has 2 aromatic carbocycles. The Morgan fingerprint density at radius 3 is 2.58 bits per heavy atom. The molecule has 1 amide bonds. The number of benzene rings is 2. The number of carbonyl (C=O) groups excluding carboxylic acids is 1. The number of hydrogen-bond acceptors (Lipinski definition) is 8. The summed E-state index contributed by atoms with van der Waals surface area (Å²) in [6.45, 7) is 1.73. The van der Waals surface area contributed by atoms with Crippen molar-refractivity contribution in [2.75, 3.05) is 23.0 Å². The molecule has 1 heterocycles. The topological polar surface area (TPSA) is 101 Å². The summed E-state index contributed by atoms with van der Waals surface area (Å²) in [6, 6.07) is 13.5. The molecule has 0 radical (unpaired) electrons. The van der Waals surface area contributed by atoms with Gasteiger partial charge in [-0.2, -0.15) is 0 Å². The van der Waals surface area contributed by atoms with Crippen LogP contribution < -0.4 is 14.4 Å². The minimum atomic E-state index is -3.80. The SMILES string of the molecule is CC[C@H](C(=O)Nc1nnc(SCc2ccccc2)s1)N(c1ccc(OC)c(Cl)c1)S(C)(=O)=O. The Labute approximate surface area is 206 Å². The first kappa shape index (κ1) is 25.3. The van der Waals surface area contributed by atoms with Gasteiger partial charge in [-0.25, -0.2) is 8.42 Å². The molecule has 3 aromatic rings. The van der Waals surface area contributed by atoms with Crippen LogP contribution in [0, 0.1) is 0 Å². The first-order chi connectivity index (χ1) is 15.7. The molecule has 0 spiro atoms. The Kier molecular flexibility index (Phi) is 8.57. The van der Waals surface area contributed by atoms with Gasteiger partial charge in [0.2, 0.25) is 21.1 Å². The van der Waals surface area contributed by atoms with E-state index in [0.717, 1.165) is 21.9 Å². The standard InChI is InChI=1S/C21H23ClN4O4S3/c1-4-17(26(33(3,28)29)15-10-11-18(30-2)16(22)12-15)19(27)23-20-24-25-21(32-20)31-13-14-8-6-5-7-9-14/h5-12,17H,4,13H2,1-3H3,(H,23,24,27)/t17-/m1/s1.